The summed E-state index contributed by atoms with van der Waals surface area (Å²) in [5, 5.41) is 2.65. The summed E-state index contributed by atoms with van der Waals surface area (Å²) in [5.74, 6) is -0.223. The molecule has 0 aliphatic heterocycles. The number of carbonyl (C=O) groups excluding carboxylic acids is 2. The monoisotopic (exact) mass is 313 g/mol. The molecule has 0 heterocycles. The largest absolute Gasteiger partial charge is 0.496 e. The van der Waals surface area contributed by atoms with E-state index in [1.807, 2.05) is 37.3 Å². The lowest BCUT2D eigenvalue weighted by molar-refractivity contribution is -0.146. The third kappa shape index (κ3) is 5.14. The van der Waals surface area contributed by atoms with E-state index in [1.54, 1.807) is 25.3 Å². The summed E-state index contributed by atoms with van der Waals surface area (Å²) in [5.41, 5.74) is 2.42. The second kappa shape index (κ2) is 7.98. The van der Waals surface area contributed by atoms with Gasteiger partial charge < -0.3 is 14.8 Å². The maximum absolute atomic E-state index is 11.9. The highest BCUT2D eigenvalue weighted by Crippen LogP contribution is 2.20. The van der Waals surface area contributed by atoms with Crippen LogP contribution < -0.4 is 10.1 Å². The Morgan fingerprint density at radius 2 is 1.83 bits per heavy atom. The van der Waals surface area contributed by atoms with Gasteiger partial charge in [0.25, 0.3) is 5.91 Å². The maximum atomic E-state index is 11.9. The molecule has 0 spiro atoms. The zero-order valence-electron chi connectivity index (χ0n) is 13.2. The molecule has 0 atom stereocenters. The van der Waals surface area contributed by atoms with Gasteiger partial charge >= 0.3 is 5.97 Å². The zero-order chi connectivity index (χ0) is 16.7. The minimum absolute atomic E-state index is 0.0590. The topological polar surface area (TPSA) is 64.6 Å². The molecule has 5 heteroatoms. The quantitative estimate of drug-likeness (QED) is 0.833. The summed E-state index contributed by atoms with van der Waals surface area (Å²) in [6, 6.07) is 14.6. The van der Waals surface area contributed by atoms with Gasteiger partial charge in [0, 0.05) is 11.3 Å². The minimum Gasteiger partial charge on any atom is -0.496 e. The smallest absolute Gasteiger partial charge is 0.310 e. The van der Waals surface area contributed by atoms with Crippen molar-refractivity contribution in [2.75, 3.05) is 19.0 Å². The first-order valence-electron chi connectivity index (χ1n) is 7.22. The molecule has 0 saturated heterocycles. The van der Waals surface area contributed by atoms with Crippen LogP contribution in [0.5, 0.6) is 5.75 Å². The minimum atomic E-state index is -0.475. The van der Waals surface area contributed by atoms with E-state index in [2.05, 4.69) is 5.32 Å². The molecule has 0 aliphatic carbocycles. The van der Waals surface area contributed by atoms with E-state index in [4.69, 9.17) is 9.47 Å². The SMILES string of the molecule is COc1ccc(C)cc1CC(=O)OCC(=O)Nc1ccccc1. The molecule has 0 aliphatic rings. The number of hydrogen-bond donors (Lipinski definition) is 1. The summed E-state index contributed by atoms with van der Waals surface area (Å²) in [6.45, 7) is 1.61. The number of ether oxygens (including phenoxy) is 2. The number of amides is 1. The number of anilines is 1. The van der Waals surface area contributed by atoms with Crippen LogP contribution in [0.2, 0.25) is 0 Å². The molecular formula is C18H19NO4. The van der Waals surface area contributed by atoms with E-state index in [9.17, 15) is 9.59 Å². The number of carbonyl (C=O) groups is 2. The highest BCUT2D eigenvalue weighted by atomic mass is 16.5. The molecule has 2 aromatic rings. The molecule has 5 nitrogen and oxygen atoms in total. The third-order valence-corrected chi connectivity index (χ3v) is 3.19. The van der Waals surface area contributed by atoms with Gasteiger partial charge in [-0.3, -0.25) is 9.59 Å². The molecule has 0 fully saturated rings. The van der Waals surface area contributed by atoms with Crippen molar-refractivity contribution in [2.24, 2.45) is 0 Å². The molecule has 0 aromatic heterocycles. The Morgan fingerprint density at radius 1 is 1.09 bits per heavy atom. The number of rotatable bonds is 6. The molecule has 0 saturated carbocycles. The van der Waals surface area contributed by atoms with Crippen LogP contribution in [0.15, 0.2) is 48.5 Å². The Labute approximate surface area is 135 Å². The van der Waals surface area contributed by atoms with Gasteiger partial charge in [-0.25, -0.2) is 0 Å². The van der Waals surface area contributed by atoms with Gasteiger partial charge in [-0.15, -0.1) is 0 Å². The Hall–Kier alpha value is -2.82. The van der Waals surface area contributed by atoms with Crippen molar-refractivity contribution in [3.8, 4) is 5.75 Å². The second-order valence-corrected chi connectivity index (χ2v) is 5.07. The molecule has 1 N–H and O–H groups in total. The molecule has 1 amide bonds. The van der Waals surface area contributed by atoms with Gasteiger partial charge in [0.1, 0.15) is 5.75 Å². The van der Waals surface area contributed by atoms with E-state index in [1.165, 1.54) is 0 Å². The number of nitrogens with one attached hydrogen (secondary N) is 1. The molecule has 2 rings (SSSR count). The summed E-state index contributed by atoms with van der Waals surface area (Å²) >= 11 is 0. The number of methoxy groups -OCH3 is 1. The first-order chi connectivity index (χ1) is 11.1. The van der Waals surface area contributed by atoms with Crippen molar-refractivity contribution < 1.29 is 19.1 Å². The Balaban J connectivity index is 1.85. The highest BCUT2D eigenvalue weighted by Gasteiger charge is 2.12. The van der Waals surface area contributed by atoms with E-state index in [-0.39, 0.29) is 18.9 Å². The van der Waals surface area contributed by atoms with Crippen LogP contribution in [0, 0.1) is 6.92 Å². The number of benzene rings is 2. The Morgan fingerprint density at radius 3 is 2.52 bits per heavy atom. The number of esters is 1. The van der Waals surface area contributed by atoms with E-state index < -0.39 is 5.97 Å². The maximum Gasteiger partial charge on any atom is 0.310 e. The van der Waals surface area contributed by atoms with Crippen LogP contribution in [0.25, 0.3) is 0 Å². The Bertz CT molecular complexity index is 683. The van der Waals surface area contributed by atoms with Gasteiger partial charge in [0.15, 0.2) is 6.61 Å². The van der Waals surface area contributed by atoms with Gasteiger partial charge in [0.2, 0.25) is 0 Å². The van der Waals surface area contributed by atoms with Crippen molar-refractivity contribution in [1.82, 2.24) is 0 Å². The van der Waals surface area contributed by atoms with Crippen LogP contribution in [-0.2, 0) is 20.7 Å². The highest BCUT2D eigenvalue weighted by molar-refractivity contribution is 5.92. The summed E-state index contributed by atoms with van der Waals surface area (Å²) in [4.78, 5) is 23.6. The predicted molar refractivity (Wildman–Crippen MR) is 87.5 cm³/mol. The van der Waals surface area contributed by atoms with Gasteiger partial charge in [-0.2, -0.15) is 0 Å². The lowest BCUT2D eigenvalue weighted by Crippen LogP contribution is -2.21. The molecule has 0 radical (unpaired) electrons. The first-order valence-corrected chi connectivity index (χ1v) is 7.22. The fraction of sp³-hybridized carbons (Fsp3) is 0.222. The fourth-order valence-electron chi connectivity index (χ4n) is 2.12. The lowest BCUT2D eigenvalue weighted by Gasteiger charge is -2.10. The molecule has 0 unspecified atom stereocenters. The number of para-hydroxylation sites is 1. The summed E-state index contributed by atoms with van der Waals surface area (Å²) < 4.78 is 10.2. The standard InChI is InChI=1S/C18H19NO4/c1-13-8-9-16(22-2)14(10-13)11-18(21)23-12-17(20)19-15-6-4-3-5-7-15/h3-10H,11-12H2,1-2H3,(H,19,20). The van der Waals surface area contributed by atoms with E-state index in [0.717, 1.165) is 11.1 Å². The molecule has 0 bridgehead atoms. The van der Waals surface area contributed by atoms with Gasteiger partial charge in [-0.05, 0) is 25.1 Å². The lowest BCUT2D eigenvalue weighted by atomic mass is 10.1. The fourth-order valence-corrected chi connectivity index (χ4v) is 2.12. The number of aryl methyl sites for hydroxylation is 1. The summed E-state index contributed by atoms with van der Waals surface area (Å²) in [7, 11) is 1.55. The summed E-state index contributed by atoms with van der Waals surface area (Å²) in [6.07, 6.45) is 0.0590. The van der Waals surface area contributed by atoms with Crippen molar-refractivity contribution in [2.45, 2.75) is 13.3 Å². The Kier molecular flexibility index (Phi) is 5.74. The predicted octanol–water partition coefficient (Wildman–Crippen LogP) is 2.73. The second-order valence-electron chi connectivity index (χ2n) is 5.07. The molecule has 120 valence electrons. The van der Waals surface area contributed by atoms with Crippen molar-refractivity contribution >= 4 is 17.6 Å². The average molecular weight is 313 g/mol. The van der Waals surface area contributed by atoms with Crippen molar-refractivity contribution in [1.29, 1.82) is 0 Å². The molecule has 23 heavy (non-hydrogen) atoms. The van der Waals surface area contributed by atoms with Gasteiger partial charge in [0.05, 0.1) is 13.5 Å². The van der Waals surface area contributed by atoms with E-state index >= 15 is 0 Å². The van der Waals surface area contributed by atoms with E-state index in [0.29, 0.717) is 11.4 Å². The zero-order valence-corrected chi connectivity index (χ0v) is 13.2. The molecule has 2 aromatic carbocycles. The third-order valence-electron chi connectivity index (χ3n) is 3.19. The van der Waals surface area contributed by atoms with Crippen LogP contribution in [-0.4, -0.2) is 25.6 Å². The van der Waals surface area contributed by atoms with Gasteiger partial charge in [-0.1, -0.05) is 35.9 Å². The average Bonchev–Trinajstić information content (AvgIpc) is 2.54. The number of hydrogen-bond acceptors (Lipinski definition) is 4. The van der Waals surface area contributed by atoms with Crippen LogP contribution >= 0.6 is 0 Å². The first kappa shape index (κ1) is 16.5. The van der Waals surface area contributed by atoms with Crippen LogP contribution in [0.4, 0.5) is 5.69 Å². The van der Waals surface area contributed by atoms with Crippen molar-refractivity contribution in [3.05, 3.63) is 59.7 Å². The van der Waals surface area contributed by atoms with Crippen LogP contribution in [0.1, 0.15) is 11.1 Å². The van der Waals surface area contributed by atoms with Crippen molar-refractivity contribution in [3.63, 3.8) is 0 Å². The molecular weight excluding hydrogens is 294 g/mol. The normalized spacial score (nSPS) is 10.0. The van der Waals surface area contributed by atoms with Crippen LogP contribution in [0.3, 0.4) is 0 Å².